The topological polar surface area (TPSA) is 89.0 Å². The van der Waals surface area contributed by atoms with Gasteiger partial charge in [0.25, 0.3) is 5.91 Å². The average molecular weight is 380 g/mol. The first-order valence-electron chi connectivity index (χ1n) is 8.71. The van der Waals surface area contributed by atoms with Crippen LogP contribution < -0.4 is 10.6 Å². The summed E-state index contributed by atoms with van der Waals surface area (Å²) < 4.78 is 5.46. The summed E-state index contributed by atoms with van der Waals surface area (Å²) >= 11 is 5.87. The Balaban J connectivity index is 1.44. The summed E-state index contributed by atoms with van der Waals surface area (Å²) in [6, 6.07) is 6.51. The quantitative estimate of drug-likeness (QED) is 0.786. The maximum atomic E-state index is 12.3. The predicted molar refractivity (Wildman–Crippen MR) is 97.1 cm³/mol. The molecule has 8 heteroatoms. The molecule has 0 spiro atoms. The zero-order valence-corrected chi connectivity index (χ0v) is 15.3. The van der Waals surface area contributed by atoms with E-state index in [4.69, 9.17) is 21.2 Å². The van der Waals surface area contributed by atoms with Crippen LogP contribution in [0.1, 0.15) is 31.7 Å². The zero-order chi connectivity index (χ0) is 18.5. The van der Waals surface area contributed by atoms with Crippen molar-refractivity contribution in [1.29, 1.82) is 0 Å². The first-order chi connectivity index (χ1) is 12.5. The third-order valence-electron chi connectivity index (χ3n) is 4.42. The van der Waals surface area contributed by atoms with Gasteiger partial charge in [0, 0.05) is 24.6 Å². The third-order valence-corrected chi connectivity index (χ3v) is 4.67. The van der Waals surface area contributed by atoms with Crippen molar-refractivity contribution in [3.63, 3.8) is 0 Å². The number of rotatable bonds is 6. The molecule has 0 radical (unpaired) electrons. The van der Waals surface area contributed by atoms with E-state index in [-0.39, 0.29) is 17.9 Å². The maximum Gasteiger partial charge on any atom is 0.264 e. The van der Waals surface area contributed by atoms with Gasteiger partial charge in [0.2, 0.25) is 12.0 Å². The molecule has 1 fully saturated rings. The molecule has 2 aliphatic heterocycles. The molecule has 0 bridgehead atoms. The van der Waals surface area contributed by atoms with E-state index in [9.17, 15) is 9.59 Å². The lowest BCUT2D eigenvalue weighted by atomic mass is 10.0. The molecule has 3 rings (SSSR count). The zero-order valence-electron chi connectivity index (χ0n) is 14.5. The summed E-state index contributed by atoms with van der Waals surface area (Å²) in [6.45, 7) is 2.84. The Morgan fingerprint density at radius 1 is 1.35 bits per heavy atom. The Morgan fingerprint density at radius 2 is 2.12 bits per heavy atom. The van der Waals surface area contributed by atoms with Crippen molar-refractivity contribution in [1.82, 2.24) is 10.6 Å². The molecule has 0 unspecified atom stereocenters. The van der Waals surface area contributed by atoms with Gasteiger partial charge < -0.3 is 20.2 Å². The Kier molecular flexibility index (Phi) is 6.11. The van der Waals surface area contributed by atoms with Crippen LogP contribution >= 0.6 is 11.6 Å². The summed E-state index contributed by atoms with van der Waals surface area (Å²) in [6.07, 6.45) is 1.63. The van der Waals surface area contributed by atoms with Gasteiger partial charge in [-0.25, -0.2) is 0 Å². The molecule has 2 amide bonds. The van der Waals surface area contributed by atoms with E-state index in [0.717, 1.165) is 25.0 Å². The van der Waals surface area contributed by atoms with Gasteiger partial charge in [-0.15, -0.1) is 0 Å². The van der Waals surface area contributed by atoms with Crippen molar-refractivity contribution >= 4 is 29.1 Å². The fraction of sp³-hybridized carbons (Fsp3) is 0.500. The second-order valence-electron chi connectivity index (χ2n) is 6.45. The van der Waals surface area contributed by atoms with Crippen molar-refractivity contribution < 1.29 is 19.2 Å². The first kappa shape index (κ1) is 18.7. The number of hydrogen-bond acceptors (Lipinski definition) is 5. The second-order valence-corrected chi connectivity index (χ2v) is 6.89. The van der Waals surface area contributed by atoms with E-state index in [1.807, 2.05) is 12.1 Å². The standard InChI is InChI=1S/C18H22ClN3O4/c1-11(17(23)20-10-14-3-2-8-25-14)21-18(24)16-9-15(22-26-16)12-4-6-13(19)7-5-12/h4-7,11,14,16H,2-3,8-10H2,1H3,(H,20,23)(H,21,24)/t11-,14-,16+/m1/s1. The third kappa shape index (κ3) is 4.74. The van der Waals surface area contributed by atoms with Crippen LogP contribution in [0, 0.1) is 0 Å². The Labute approximate surface area is 157 Å². The average Bonchev–Trinajstić information content (AvgIpc) is 3.32. The molecule has 26 heavy (non-hydrogen) atoms. The molecule has 0 saturated carbocycles. The van der Waals surface area contributed by atoms with Crippen molar-refractivity contribution in [3.8, 4) is 0 Å². The Bertz CT molecular complexity index is 686. The van der Waals surface area contributed by atoms with E-state index in [2.05, 4.69) is 15.8 Å². The van der Waals surface area contributed by atoms with E-state index in [0.29, 0.717) is 23.7 Å². The van der Waals surface area contributed by atoms with E-state index in [1.54, 1.807) is 19.1 Å². The number of carbonyl (C=O) groups is 2. The highest BCUT2D eigenvalue weighted by molar-refractivity contribution is 6.30. The summed E-state index contributed by atoms with van der Waals surface area (Å²) in [5.74, 6) is -0.608. The normalized spacial score (nSPS) is 23.1. The number of carbonyl (C=O) groups excluding carboxylic acids is 2. The minimum absolute atomic E-state index is 0.0651. The molecule has 1 saturated heterocycles. The highest BCUT2D eigenvalue weighted by Gasteiger charge is 2.30. The molecule has 1 aromatic rings. The summed E-state index contributed by atoms with van der Waals surface area (Å²) in [7, 11) is 0. The molecule has 2 aliphatic rings. The molecule has 0 aliphatic carbocycles. The molecule has 0 aromatic heterocycles. The Hall–Kier alpha value is -2.12. The first-order valence-corrected chi connectivity index (χ1v) is 9.09. The molecule has 3 atom stereocenters. The van der Waals surface area contributed by atoms with Gasteiger partial charge in [0.15, 0.2) is 0 Å². The van der Waals surface area contributed by atoms with Gasteiger partial charge in [-0.1, -0.05) is 28.9 Å². The number of oxime groups is 1. The molecule has 2 N–H and O–H groups in total. The van der Waals surface area contributed by atoms with Gasteiger partial charge >= 0.3 is 0 Å². The molecule has 2 heterocycles. The summed E-state index contributed by atoms with van der Waals surface area (Å²) in [5, 5.41) is 10.1. The van der Waals surface area contributed by atoms with Crippen LogP contribution in [-0.2, 0) is 19.2 Å². The second kappa shape index (κ2) is 8.51. The number of ether oxygens (including phenoxy) is 1. The van der Waals surface area contributed by atoms with Gasteiger partial charge in [0.1, 0.15) is 6.04 Å². The lowest BCUT2D eigenvalue weighted by Gasteiger charge is -2.17. The van der Waals surface area contributed by atoms with E-state index < -0.39 is 12.1 Å². The van der Waals surface area contributed by atoms with Crippen molar-refractivity contribution in [2.75, 3.05) is 13.2 Å². The minimum Gasteiger partial charge on any atom is -0.382 e. The van der Waals surface area contributed by atoms with Crippen LogP contribution in [0.3, 0.4) is 0 Å². The molecule has 140 valence electrons. The van der Waals surface area contributed by atoms with Crippen LogP contribution in [0.4, 0.5) is 0 Å². The summed E-state index contributed by atoms with van der Waals surface area (Å²) in [5.41, 5.74) is 1.53. The van der Waals surface area contributed by atoms with Crippen LogP contribution in [0.5, 0.6) is 0 Å². The van der Waals surface area contributed by atoms with E-state index >= 15 is 0 Å². The lowest BCUT2D eigenvalue weighted by Crippen LogP contribution is -2.49. The predicted octanol–water partition coefficient (Wildman–Crippen LogP) is 1.63. The highest BCUT2D eigenvalue weighted by Crippen LogP contribution is 2.19. The number of halogens is 1. The lowest BCUT2D eigenvalue weighted by molar-refractivity contribution is -0.135. The Morgan fingerprint density at radius 3 is 2.81 bits per heavy atom. The van der Waals surface area contributed by atoms with Gasteiger partial charge in [-0.05, 0) is 37.5 Å². The molecule has 1 aromatic carbocycles. The smallest absolute Gasteiger partial charge is 0.264 e. The summed E-state index contributed by atoms with van der Waals surface area (Å²) in [4.78, 5) is 29.6. The SMILES string of the molecule is C[C@@H](NC(=O)[C@@H]1CC(c2ccc(Cl)cc2)=NO1)C(=O)NC[C@H]1CCCO1. The van der Waals surface area contributed by atoms with Crippen LogP contribution in [0.25, 0.3) is 0 Å². The minimum atomic E-state index is -0.742. The van der Waals surface area contributed by atoms with E-state index in [1.165, 1.54) is 0 Å². The van der Waals surface area contributed by atoms with Crippen molar-refractivity contribution in [2.45, 2.75) is 44.4 Å². The van der Waals surface area contributed by atoms with Gasteiger partial charge in [0.05, 0.1) is 11.8 Å². The molecular weight excluding hydrogens is 358 g/mol. The number of hydrogen-bond donors (Lipinski definition) is 2. The number of nitrogens with zero attached hydrogens (tertiary/aromatic N) is 1. The van der Waals surface area contributed by atoms with Crippen LogP contribution in [0.15, 0.2) is 29.4 Å². The number of benzene rings is 1. The van der Waals surface area contributed by atoms with Crippen LogP contribution in [0.2, 0.25) is 5.02 Å². The number of nitrogens with one attached hydrogen (secondary N) is 2. The highest BCUT2D eigenvalue weighted by atomic mass is 35.5. The van der Waals surface area contributed by atoms with Gasteiger partial charge in [-0.2, -0.15) is 0 Å². The molecule has 7 nitrogen and oxygen atoms in total. The van der Waals surface area contributed by atoms with Crippen LogP contribution in [-0.4, -0.2) is 48.9 Å². The molecular formula is C18H22ClN3O4. The maximum absolute atomic E-state index is 12.3. The van der Waals surface area contributed by atoms with Gasteiger partial charge in [-0.3, -0.25) is 9.59 Å². The largest absolute Gasteiger partial charge is 0.382 e. The number of amides is 2. The van der Waals surface area contributed by atoms with Crippen molar-refractivity contribution in [3.05, 3.63) is 34.9 Å². The monoisotopic (exact) mass is 379 g/mol. The van der Waals surface area contributed by atoms with Crippen molar-refractivity contribution in [2.24, 2.45) is 5.16 Å². The fourth-order valence-corrected chi connectivity index (χ4v) is 3.00. The fourth-order valence-electron chi connectivity index (χ4n) is 2.88.